The first-order valence-electron chi connectivity index (χ1n) is 16.3. The van der Waals surface area contributed by atoms with Gasteiger partial charge < -0.3 is 0 Å². The topological polar surface area (TPSA) is 65.8 Å². The first-order valence-corrected chi connectivity index (χ1v) is 16.3. The highest BCUT2D eigenvalue weighted by Gasteiger charge is 2.25. The maximum atomic E-state index is 5.44. The first-order chi connectivity index (χ1) is 24.3. The molecule has 0 aliphatic carbocycles. The summed E-state index contributed by atoms with van der Waals surface area (Å²) < 4.78 is 6.79. The molecule has 0 saturated heterocycles. The molecule has 0 N–H and O–H groups in total. The summed E-state index contributed by atoms with van der Waals surface area (Å²) >= 11 is 0. The van der Waals surface area contributed by atoms with Crippen molar-refractivity contribution < 1.29 is 0 Å². The van der Waals surface area contributed by atoms with Crippen LogP contribution in [0.1, 0.15) is 0 Å². The molecule has 4 heterocycles. The molecule has 7 nitrogen and oxygen atoms in total. The fourth-order valence-corrected chi connectivity index (χ4v) is 6.97. The normalized spacial score (nSPS) is 11.7. The number of hydrogen-bond acceptors (Lipinski definition) is 4. The van der Waals surface area contributed by atoms with Gasteiger partial charge in [0.05, 0.1) is 22.2 Å². The molecule has 10 rings (SSSR count). The van der Waals surface area contributed by atoms with Gasteiger partial charge in [0.1, 0.15) is 5.52 Å². The number of fused-ring (bicyclic) bond motifs is 7. The standard InChI is InChI=1S/C42H27N7/c1-4-16-28(17-5-1)38-43-39(29-18-6-2-7-19-29)45-40(44-38)32-23-11-13-25-34(32)48-33-24-12-10-22-31(33)37-41(48)46-42-47(30-20-8-3-9-21-30)35-26-14-15-27-36(35)49(37)42/h1-27H. The second kappa shape index (κ2) is 10.9. The molecule has 10 aromatic rings. The Bertz CT molecular complexity index is 2760. The summed E-state index contributed by atoms with van der Waals surface area (Å²) in [7, 11) is 0. The summed E-state index contributed by atoms with van der Waals surface area (Å²) in [5.41, 5.74) is 9.91. The molecule has 0 aliphatic heterocycles. The highest BCUT2D eigenvalue weighted by Crippen LogP contribution is 2.39. The van der Waals surface area contributed by atoms with E-state index in [2.05, 4.69) is 105 Å². The van der Waals surface area contributed by atoms with E-state index >= 15 is 0 Å². The van der Waals surface area contributed by atoms with Crippen LogP contribution in [0, 0.1) is 0 Å². The van der Waals surface area contributed by atoms with Gasteiger partial charge >= 0.3 is 0 Å². The number of hydrogen-bond donors (Lipinski definition) is 0. The van der Waals surface area contributed by atoms with E-state index in [9.17, 15) is 0 Å². The van der Waals surface area contributed by atoms with E-state index in [1.54, 1.807) is 0 Å². The van der Waals surface area contributed by atoms with E-state index < -0.39 is 0 Å². The second-order valence-electron chi connectivity index (χ2n) is 12.0. The predicted octanol–water partition coefficient (Wildman–Crippen LogP) is 9.56. The molecule has 230 valence electrons. The molecule has 0 atom stereocenters. The predicted molar refractivity (Wildman–Crippen MR) is 196 cm³/mol. The lowest BCUT2D eigenvalue weighted by Crippen LogP contribution is -2.03. The van der Waals surface area contributed by atoms with E-state index in [0.29, 0.717) is 17.5 Å². The maximum Gasteiger partial charge on any atom is 0.222 e. The summed E-state index contributed by atoms with van der Waals surface area (Å²) in [5.74, 6) is 2.69. The third-order valence-corrected chi connectivity index (χ3v) is 9.12. The van der Waals surface area contributed by atoms with Crippen molar-refractivity contribution in [2.45, 2.75) is 0 Å². The number of para-hydroxylation sites is 5. The number of imidazole rings is 2. The minimum absolute atomic E-state index is 0.595. The third-order valence-electron chi connectivity index (χ3n) is 9.12. The Morgan fingerprint density at radius 1 is 0.388 bits per heavy atom. The van der Waals surface area contributed by atoms with Crippen molar-refractivity contribution in [3.05, 3.63) is 164 Å². The Kier molecular flexibility index (Phi) is 6.04. The van der Waals surface area contributed by atoms with Crippen molar-refractivity contribution in [3.8, 4) is 45.5 Å². The molecule has 7 heteroatoms. The van der Waals surface area contributed by atoms with E-state index in [4.69, 9.17) is 19.9 Å². The van der Waals surface area contributed by atoms with Crippen LogP contribution < -0.4 is 0 Å². The lowest BCUT2D eigenvalue weighted by atomic mass is 10.1. The molecule has 0 unspecified atom stereocenters. The Morgan fingerprint density at radius 2 is 0.918 bits per heavy atom. The van der Waals surface area contributed by atoms with Crippen molar-refractivity contribution in [1.29, 1.82) is 0 Å². The maximum absolute atomic E-state index is 5.44. The van der Waals surface area contributed by atoms with Crippen LogP contribution in [0.4, 0.5) is 0 Å². The largest absolute Gasteiger partial charge is 0.292 e. The average molecular weight is 630 g/mol. The Labute approximate surface area is 281 Å². The van der Waals surface area contributed by atoms with Gasteiger partial charge in [-0.2, -0.15) is 4.98 Å². The summed E-state index contributed by atoms with van der Waals surface area (Å²) in [6.45, 7) is 0. The Hall–Kier alpha value is -6.86. The molecule has 0 amide bonds. The number of aromatic nitrogens is 7. The van der Waals surface area contributed by atoms with Gasteiger partial charge in [-0.25, -0.2) is 15.0 Å². The first kappa shape index (κ1) is 27.3. The zero-order valence-electron chi connectivity index (χ0n) is 26.2. The lowest BCUT2D eigenvalue weighted by molar-refractivity contribution is 1.06. The molecular formula is C42H27N7. The zero-order valence-corrected chi connectivity index (χ0v) is 26.2. The van der Waals surface area contributed by atoms with Crippen LogP contribution in [0.3, 0.4) is 0 Å². The lowest BCUT2D eigenvalue weighted by Gasteiger charge is -2.13. The minimum atomic E-state index is 0.595. The van der Waals surface area contributed by atoms with Crippen LogP contribution in [0.15, 0.2) is 164 Å². The molecule has 0 saturated carbocycles. The van der Waals surface area contributed by atoms with E-state index in [0.717, 1.165) is 66.9 Å². The summed E-state index contributed by atoms with van der Waals surface area (Å²) in [6.07, 6.45) is 0. The van der Waals surface area contributed by atoms with Gasteiger partial charge in [-0.1, -0.05) is 121 Å². The van der Waals surface area contributed by atoms with Gasteiger partial charge in [0.25, 0.3) is 0 Å². The Morgan fingerprint density at radius 3 is 1.61 bits per heavy atom. The van der Waals surface area contributed by atoms with Crippen LogP contribution in [-0.2, 0) is 0 Å². The van der Waals surface area contributed by atoms with E-state index in [1.165, 1.54) is 0 Å². The quantitative estimate of drug-likeness (QED) is 0.190. The van der Waals surface area contributed by atoms with Gasteiger partial charge in [-0.05, 0) is 42.5 Å². The molecule has 49 heavy (non-hydrogen) atoms. The molecule has 0 bridgehead atoms. The molecule has 0 spiro atoms. The monoisotopic (exact) mass is 629 g/mol. The fraction of sp³-hybridized carbons (Fsp3) is 0. The smallest absolute Gasteiger partial charge is 0.222 e. The van der Waals surface area contributed by atoms with Crippen LogP contribution in [0.5, 0.6) is 0 Å². The average Bonchev–Trinajstić information content (AvgIpc) is 3.81. The third kappa shape index (κ3) is 4.22. The van der Waals surface area contributed by atoms with Gasteiger partial charge in [-0.15, -0.1) is 0 Å². The number of rotatable bonds is 5. The van der Waals surface area contributed by atoms with Crippen LogP contribution in [-0.4, -0.2) is 33.5 Å². The SMILES string of the molecule is c1ccc(-c2nc(-c3ccccc3)nc(-c3ccccc3-n3c4ccccc4c4c3nc3n(-c5ccccc5)c5ccccc5n43)n2)cc1. The molecule has 0 fully saturated rings. The van der Waals surface area contributed by atoms with Crippen molar-refractivity contribution in [2.24, 2.45) is 0 Å². The van der Waals surface area contributed by atoms with Gasteiger partial charge in [0.2, 0.25) is 5.78 Å². The molecule has 0 radical (unpaired) electrons. The van der Waals surface area contributed by atoms with Crippen LogP contribution >= 0.6 is 0 Å². The number of benzene rings is 6. The van der Waals surface area contributed by atoms with Crippen molar-refractivity contribution in [1.82, 2.24) is 33.5 Å². The second-order valence-corrected chi connectivity index (χ2v) is 12.0. The molecule has 0 aliphatic rings. The number of nitrogens with zero attached hydrogens (tertiary/aromatic N) is 7. The highest BCUT2D eigenvalue weighted by atomic mass is 15.2. The molecular weight excluding hydrogens is 603 g/mol. The zero-order chi connectivity index (χ0) is 32.3. The minimum Gasteiger partial charge on any atom is -0.292 e. The summed E-state index contributed by atoms with van der Waals surface area (Å²) in [6, 6.07) is 55.9. The summed E-state index contributed by atoms with van der Waals surface area (Å²) in [4.78, 5) is 20.6. The van der Waals surface area contributed by atoms with Crippen molar-refractivity contribution in [2.75, 3.05) is 0 Å². The van der Waals surface area contributed by atoms with Crippen molar-refractivity contribution >= 4 is 38.9 Å². The fourth-order valence-electron chi connectivity index (χ4n) is 6.97. The van der Waals surface area contributed by atoms with E-state index in [-0.39, 0.29) is 0 Å². The van der Waals surface area contributed by atoms with Gasteiger partial charge in [-0.3, -0.25) is 13.5 Å². The summed E-state index contributed by atoms with van der Waals surface area (Å²) in [5, 5.41) is 1.11. The highest BCUT2D eigenvalue weighted by molar-refractivity contribution is 6.10. The Balaban J connectivity index is 1.28. The van der Waals surface area contributed by atoms with Gasteiger partial charge in [0.15, 0.2) is 23.1 Å². The van der Waals surface area contributed by atoms with Crippen molar-refractivity contribution in [3.63, 3.8) is 0 Å². The van der Waals surface area contributed by atoms with E-state index in [1.807, 2.05) is 72.8 Å². The van der Waals surface area contributed by atoms with Gasteiger partial charge in [0, 0.05) is 27.8 Å². The molecule has 4 aromatic heterocycles. The van der Waals surface area contributed by atoms with Crippen LogP contribution in [0.2, 0.25) is 0 Å². The molecule has 6 aromatic carbocycles. The van der Waals surface area contributed by atoms with Crippen LogP contribution in [0.25, 0.3) is 84.4 Å².